The van der Waals surface area contributed by atoms with E-state index in [1.54, 1.807) is 6.07 Å². The van der Waals surface area contributed by atoms with Gasteiger partial charge in [0.05, 0.1) is 16.8 Å². The molecule has 1 atom stereocenters. The van der Waals surface area contributed by atoms with Crippen LogP contribution in [-0.4, -0.2) is 38.7 Å². The lowest BCUT2D eigenvalue weighted by atomic mass is 10.1. The van der Waals surface area contributed by atoms with Gasteiger partial charge in [0.15, 0.2) is 11.4 Å². The van der Waals surface area contributed by atoms with Crippen LogP contribution in [0.2, 0.25) is 0 Å². The summed E-state index contributed by atoms with van der Waals surface area (Å²) >= 11 is 0. The Morgan fingerprint density at radius 3 is 2.51 bits per heavy atom. The number of ether oxygens (including phenoxy) is 2. The third-order valence-corrected chi connectivity index (χ3v) is 5.72. The van der Waals surface area contributed by atoms with Crippen molar-refractivity contribution in [3.8, 4) is 23.6 Å². The molecule has 10 nitrogen and oxygen atoms in total. The lowest BCUT2D eigenvalue weighted by molar-refractivity contribution is -0.142. The number of hydrogen-bond acceptors (Lipinski definition) is 9. The summed E-state index contributed by atoms with van der Waals surface area (Å²) in [5, 5.41) is 18.0. The van der Waals surface area contributed by atoms with Crippen molar-refractivity contribution in [1.82, 2.24) is 15.2 Å². The third-order valence-electron chi connectivity index (χ3n) is 4.56. The van der Waals surface area contributed by atoms with Gasteiger partial charge in [0.25, 0.3) is 17.7 Å². The van der Waals surface area contributed by atoms with Crippen molar-refractivity contribution in [3.63, 3.8) is 0 Å². The Balaban J connectivity index is 2.10. The van der Waals surface area contributed by atoms with Crippen molar-refractivity contribution >= 4 is 21.3 Å². The van der Waals surface area contributed by atoms with Gasteiger partial charge < -0.3 is 14.8 Å². The predicted molar refractivity (Wildman–Crippen MR) is 117 cm³/mol. The Bertz CT molecular complexity index is 1450. The number of rotatable bonds is 6. The van der Waals surface area contributed by atoms with Gasteiger partial charge >= 0.3 is 6.18 Å². The lowest BCUT2D eigenvalue weighted by Crippen LogP contribution is -2.21. The number of nitriles is 1. The van der Waals surface area contributed by atoms with Crippen LogP contribution in [0.1, 0.15) is 27.3 Å². The molecule has 3 aromatic rings. The molecule has 3 rings (SSSR count). The van der Waals surface area contributed by atoms with Gasteiger partial charge in [0.2, 0.25) is 0 Å². The van der Waals surface area contributed by atoms with Gasteiger partial charge in [0.1, 0.15) is 17.3 Å². The average molecular weight is 506 g/mol. The SMILES string of the molecule is COc1nc(C#N)ccc1Oc1nnc(C(F)(F)F)c(C)c1C(=O)Nc1cccc(S(C)(=N)=O)c1. The van der Waals surface area contributed by atoms with E-state index in [1.165, 1.54) is 49.8 Å². The van der Waals surface area contributed by atoms with Crippen LogP contribution in [0.5, 0.6) is 17.5 Å². The molecule has 1 unspecified atom stereocenters. The smallest absolute Gasteiger partial charge is 0.435 e. The second-order valence-electron chi connectivity index (χ2n) is 7.09. The molecule has 0 spiro atoms. The van der Waals surface area contributed by atoms with Crippen molar-refractivity contribution in [3.05, 3.63) is 58.9 Å². The lowest BCUT2D eigenvalue weighted by Gasteiger charge is -2.16. The molecule has 14 heteroatoms. The van der Waals surface area contributed by atoms with Gasteiger partial charge in [-0.15, -0.1) is 10.2 Å². The molecule has 0 aliphatic heterocycles. The summed E-state index contributed by atoms with van der Waals surface area (Å²) in [4.78, 5) is 17.1. The predicted octanol–water partition coefficient (Wildman–Crippen LogP) is 4.16. The molecule has 0 aliphatic carbocycles. The van der Waals surface area contributed by atoms with E-state index in [9.17, 15) is 22.2 Å². The summed E-state index contributed by atoms with van der Waals surface area (Å²) in [6.45, 7) is 1.03. The van der Waals surface area contributed by atoms with Gasteiger partial charge in [-0.05, 0) is 42.8 Å². The van der Waals surface area contributed by atoms with Crippen molar-refractivity contribution in [2.24, 2.45) is 0 Å². The summed E-state index contributed by atoms with van der Waals surface area (Å²) < 4.78 is 70.7. The molecular weight excluding hydrogens is 489 g/mol. The Morgan fingerprint density at radius 1 is 1.20 bits per heavy atom. The summed E-state index contributed by atoms with van der Waals surface area (Å²) in [5.41, 5.74) is -2.45. The Hall–Kier alpha value is -4.25. The fourth-order valence-corrected chi connectivity index (χ4v) is 3.63. The second-order valence-corrected chi connectivity index (χ2v) is 9.25. The Morgan fingerprint density at radius 2 is 1.91 bits per heavy atom. The number of aromatic nitrogens is 3. The molecule has 1 aromatic carbocycles. The van der Waals surface area contributed by atoms with Crippen LogP contribution in [0.4, 0.5) is 18.9 Å². The van der Waals surface area contributed by atoms with Crippen LogP contribution >= 0.6 is 0 Å². The maximum atomic E-state index is 13.5. The molecule has 0 bridgehead atoms. The van der Waals surface area contributed by atoms with Crippen LogP contribution in [0.25, 0.3) is 0 Å². The first-order valence-corrected chi connectivity index (χ1v) is 11.5. The molecule has 0 aliphatic rings. The Labute approximate surface area is 197 Å². The molecule has 35 heavy (non-hydrogen) atoms. The zero-order chi connectivity index (χ0) is 26.0. The number of carbonyl (C=O) groups is 1. The van der Waals surface area contributed by atoms with Crippen LogP contribution < -0.4 is 14.8 Å². The number of halogens is 3. The highest BCUT2D eigenvalue weighted by molar-refractivity contribution is 7.91. The summed E-state index contributed by atoms with van der Waals surface area (Å²) in [6.07, 6.45) is -3.72. The number of nitrogens with one attached hydrogen (secondary N) is 2. The summed E-state index contributed by atoms with van der Waals surface area (Å²) in [7, 11) is -1.88. The highest BCUT2D eigenvalue weighted by Crippen LogP contribution is 2.36. The van der Waals surface area contributed by atoms with E-state index in [1.807, 2.05) is 0 Å². The molecule has 0 radical (unpaired) electrons. The van der Waals surface area contributed by atoms with Gasteiger partial charge in [-0.1, -0.05) is 6.07 Å². The molecule has 2 N–H and O–H groups in total. The van der Waals surface area contributed by atoms with E-state index in [2.05, 4.69) is 20.5 Å². The van der Waals surface area contributed by atoms with Crippen LogP contribution in [0.15, 0.2) is 41.3 Å². The van der Waals surface area contributed by atoms with E-state index in [4.69, 9.17) is 19.5 Å². The van der Waals surface area contributed by atoms with E-state index in [-0.39, 0.29) is 27.9 Å². The number of anilines is 1. The first-order valence-electron chi connectivity index (χ1n) is 9.57. The van der Waals surface area contributed by atoms with Gasteiger partial charge in [0, 0.05) is 16.8 Å². The minimum Gasteiger partial charge on any atom is -0.478 e. The zero-order valence-corrected chi connectivity index (χ0v) is 19.2. The molecule has 1 amide bonds. The fraction of sp³-hybridized carbons (Fsp3) is 0.190. The number of pyridine rings is 1. The molecule has 2 heterocycles. The van der Waals surface area contributed by atoms with Crippen molar-refractivity contribution in [1.29, 1.82) is 10.0 Å². The van der Waals surface area contributed by atoms with Crippen LogP contribution in [-0.2, 0) is 15.9 Å². The van der Waals surface area contributed by atoms with Gasteiger partial charge in [-0.3, -0.25) is 4.79 Å². The highest BCUT2D eigenvalue weighted by Gasteiger charge is 2.38. The van der Waals surface area contributed by atoms with E-state index < -0.39 is 44.5 Å². The summed E-state index contributed by atoms with van der Waals surface area (Å²) in [5.74, 6) is -1.90. The van der Waals surface area contributed by atoms with E-state index >= 15 is 0 Å². The summed E-state index contributed by atoms with van der Waals surface area (Å²) in [6, 6.07) is 9.89. The monoisotopic (exact) mass is 506 g/mol. The normalized spacial score (nSPS) is 12.8. The number of benzene rings is 1. The topological polar surface area (TPSA) is 151 Å². The average Bonchev–Trinajstić information content (AvgIpc) is 2.78. The highest BCUT2D eigenvalue weighted by atomic mass is 32.2. The molecule has 0 fully saturated rings. The number of alkyl halides is 3. The number of methoxy groups -OCH3 is 1. The minimum atomic E-state index is -4.91. The zero-order valence-electron chi connectivity index (χ0n) is 18.4. The Kier molecular flexibility index (Phi) is 6.92. The minimum absolute atomic E-state index is 0.0105. The first-order chi connectivity index (χ1) is 16.3. The molecule has 2 aromatic heterocycles. The van der Waals surface area contributed by atoms with Crippen molar-refractivity contribution in [2.45, 2.75) is 18.0 Å². The number of nitrogens with zero attached hydrogens (tertiary/aromatic N) is 4. The standard InChI is InChI=1S/C21H17F3N6O4S/c1-11-16(18(31)27-12-5-4-6-14(9-12)35(3,26)32)20(30-29-17(11)21(22,23)24)34-15-8-7-13(10-25)28-19(15)33-2/h4-9,26H,1-3H3,(H,27,31). The number of carbonyl (C=O) groups excluding carboxylic acids is 1. The largest absolute Gasteiger partial charge is 0.478 e. The quantitative estimate of drug-likeness (QED) is 0.506. The van der Waals surface area contributed by atoms with Crippen molar-refractivity contribution in [2.75, 3.05) is 18.7 Å². The fourth-order valence-electron chi connectivity index (χ4n) is 2.94. The van der Waals surface area contributed by atoms with E-state index in [0.717, 1.165) is 6.92 Å². The van der Waals surface area contributed by atoms with Gasteiger partial charge in [-0.25, -0.2) is 8.99 Å². The molecular formula is C21H17F3N6O4S. The number of amides is 1. The third kappa shape index (κ3) is 5.64. The van der Waals surface area contributed by atoms with Crippen molar-refractivity contribution < 1.29 is 31.6 Å². The molecule has 182 valence electrons. The maximum Gasteiger partial charge on any atom is 0.435 e. The molecule has 0 saturated carbocycles. The van der Waals surface area contributed by atoms with Crippen LogP contribution in [0, 0.1) is 23.0 Å². The maximum absolute atomic E-state index is 13.5. The second kappa shape index (κ2) is 9.55. The first kappa shape index (κ1) is 25.4. The van der Waals surface area contributed by atoms with E-state index in [0.29, 0.717) is 0 Å². The molecule has 0 saturated heterocycles. The van der Waals surface area contributed by atoms with Gasteiger partial charge in [-0.2, -0.15) is 23.4 Å². The number of hydrogen-bond donors (Lipinski definition) is 2. The van der Waals surface area contributed by atoms with Crippen LogP contribution in [0.3, 0.4) is 0 Å².